The topological polar surface area (TPSA) is 58.7 Å². The van der Waals surface area contributed by atoms with Crippen LogP contribution in [0.1, 0.15) is 0 Å². The van der Waals surface area contributed by atoms with E-state index in [2.05, 4.69) is 0 Å². The molecule has 1 fully saturated rings. The molecule has 1 unspecified atom stereocenters. The number of hydrogen-bond acceptors (Lipinski definition) is 4. The number of nitrogens with zero attached hydrogens (tertiary/aromatic N) is 1. The Morgan fingerprint density at radius 2 is 2.38 bits per heavy atom. The first-order valence-corrected chi connectivity index (χ1v) is 5.23. The molecule has 3 N–H and O–H groups in total. The molecule has 2 rings (SSSR count). The van der Waals surface area contributed by atoms with Crippen molar-refractivity contribution in [3.05, 3.63) is 24.0 Å². The van der Waals surface area contributed by atoms with Gasteiger partial charge in [0.25, 0.3) is 0 Å². The maximum Gasteiger partial charge on any atom is 0.148 e. The molecular formula is C11H15FN2O2. The largest absolute Gasteiger partial charge is 0.399 e. The van der Waals surface area contributed by atoms with Gasteiger partial charge in [-0.15, -0.1) is 0 Å². The second-order valence-corrected chi connectivity index (χ2v) is 3.83. The van der Waals surface area contributed by atoms with Crippen LogP contribution in [-0.4, -0.2) is 37.5 Å². The van der Waals surface area contributed by atoms with Crippen molar-refractivity contribution in [3.8, 4) is 0 Å². The van der Waals surface area contributed by atoms with Crippen LogP contribution < -0.4 is 10.6 Å². The zero-order valence-electron chi connectivity index (χ0n) is 8.90. The molecule has 1 aliphatic rings. The maximum absolute atomic E-state index is 13.6. The number of benzene rings is 1. The Morgan fingerprint density at radius 1 is 1.56 bits per heavy atom. The summed E-state index contributed by atoms with van der Waals surface area (Å²) in [6.07, 6.45) is -0.245. The number of ether oxygens (including phenoxy) is 1. The van der Waals surface area contributed by atoms with Gasteiger partial charge in [-0.25, -0.2) is 4.39 Å². The van der Waals surface area contributed by atoms with Gasteiger partial charge in [0.1, 0.15) is 5.82 Å². The van der Waals surface area contributed by atoms with E-state index in [0.29, 0.717) is 31.1 Å². The highest BCUT2D eigenvalue weighted by Gasteiger charge is 2.21. The molecule has 0 aliphatic carbocycles. The van der Waals surface area contributed by atoms with Crippen LogP contribution >= 0.6 is 0 Å². The molecule has 16 heavy (non-hydrogen) atoms. The fraction of sp³-hybridized carbons (Fsp3) is 0.455. The summed E-state index contributed by atoms with van der Waals surface area (Å²) in [6, 6.07) is 4.63. The third kappa shape index (κ3) is 2.25. The zero-order valence-corrected chi connectivity index (χ0v) is 8.90. The van der Waals surface area contributed by atoms with E-state index in [9.17, 15) is 4.39 Å². The summed E-state index contributed by atoms with van der Waals surface area (Å²) in [6.45, 7) is 1.57. The van der Waals surface area contributed by atoms with E-state index in [1.54, 1.807) is 12.1 Å². The predicted molar refractivity (Wildman–Crippen MR) is 59.9 cm³/mol. The van der Waals surface area contributed by atoms with E-state index in [0.717, 1.165) is 0 Å². The molecule has 1 aromatic carbocycles. The second kappa shape index (κ2) is 4.67. The Hall–Kier alpha value is -1.33. The number of nitrogens with two attached hydrogens (primary N) is 1. The lowest BCUT2D eigenvalue weighted by Crippen LogP contribution is -2.44. The first-order valence-electron chi connectivity index (χ1n) is 5.23. The number of nitrogen functional groups attached to an aromatic ring is 1. The molecule has 0 saturated carbocycles. The number of hydrogen-bond donors (Lipinski definition) is 2. The van der Waals surface area contributed by atoms with Gasteiger partial charge in [-0.2, -0.15) is 0 Å². The molecule has 4 nitrogen and oxygen atoms in total. The van der Waals surface area contributed by atoms with Gasteiger partial charge in [-0.3, -0.25) is 0 Å². The molecule has 88 valence electrons. The Labute approximate surface area is 93.4 Å². The standard InChI is InChI=1S/C11H15FN2O2/c12-10-5-8(13)1-2-11(10)14-3-4-16-9(6-14)7-15/h1-2,5,9,15H,3-4,6-7,13H2. The van der Waals surface area contributed by atoms with Gasteiger partial charge in [-0.1, -0.05) is 0 Å². The van der Waals surface area contributed by atoms with Crippen LogP contribution in [-0.2, 0) is 4.74 Å². The molecule has 1 heterocycles. The molecule has 1 aromatic rings. The van der Waals surface area contributed by atoms with Gasteiger partial charge < -0.3 is 20.5 Å². The molecule has 1 atom stereocenters. The number of morpholine rings is 1. The van der Waals surface area contributed by atoms with Crippen molar-refractivity contribution >= 4 is 11.4 Å². The van der Waals surface area contributed by atoms with Crippen LogP contribution in [0.2, 0.25) is 0 Å². The van der Waals surface area contributed by atoms with E-state index in [1.807, 2.05) is 4.90 Å². The fourth-order valence-electron chi connectivity index (χ4n) is 1.83. The SMILES string of the molecule is Nc1ccc(N2CCOC(CO)C2)c(F)c1. The Balaban J connectivity index is 2.16. The Bertz CT molecular complexity index is 373. The van der Waals surface area contributed by atoms with Crippen molar-refractivity contribution in [2.75, 3.05) is 36.9 Å². The normalized spacial score (nSPS) is 21.1. The van der Waals surface area contributed by atoms with E-state index in [4.69, 9.17) is 15.6 Å². The molecular weight excluding hydrogens is 211 g/mol. The van der Waals surface area contributed by atoms with E-state index < -0.39 is 0 Å². The summed E-state index contributed by atoms with van der Waals surface area (Å²) in [5.74, 6) is -0.335. The van der Waals surface area contributed by atoms with Crippen molar-refractivity contribution in [1.82, 2.24) is 0 Å². The average molecular weight is 226 g/mol. The van der Waals surface area contributed by atoms with Crippen LogP contribution in [0.4, 0.5) is 15.8 Å². The third-order valence-electron chi connectivity index (χ3n) is 2.65. The number of aliphatic hydroxyl groups is 1. The molecule has 0 amide bonds. The first kappa shape index (κ1) is 11.2. The van der Waals surface area contributed by atoms with E-state index >= 15 is 0 Å². The van der Waals surface area contributed by atoms with Gasteiger partial charge in [0.05, 0.1) is 25.0 Å². The highest BCUT2D eigenvalue weighted by atomic mass is 19.1. The Kier molecular flexibility index (Phi) is 3.26. The molecule has 0 radical (unpaired) electrons. The van der Waals surface area contributed by atoms with Gasteiger partial charge in [0, 0.05) is 18.8 Å². The highest BCUT2D eigenvalue weighted by molar-refractivity contribution is 5.54. The first-order chi connectivity index (χ1) is 7.70. The fourth-order valence-corrected chi connectivity index (χ4v) is 1.83. The minimum Gasteiger partial charge on any atom is -0.399 e. The molecule has 1 aliphatic heterocycles. The summed E-state index contributed by atoms with van der Waals surface area (Å²) < 4.78 is 18.9. The highest BCUT2D eigenvalue weighted by Crippen LogP contribution is 2.23. The minimum atomic E-state index is -0.335. The van der Waals surface area contributed by atoms with E-state index in [1.165, 1.54) is 6.07 Å². The van der Waals surface area contributed by atoms with Crippen LogP contribution in [0, 0.1) is 5.82 Å². The molecule has 5 heteroatoms. The number of anilines is 2. The molecule has 0 aromatic heterocycles. The summed E-state index contributed by atoms with van der Waals surface area (Å²) in [7, 11) is 0. The van der Waals surface area contributed by atoms with Crippen LogP contribution in [0.15, 0.2) is 18.2 Å². The van der Waals surface area contributed by atoms with Gasteiger partial charge in [0.2, 0.25) is 0 Å². The minimum absolute atomic E-state index is 0.0485. The predicted octanol–water partition coefficient (Wildman–Crippen LogP) is 0.605. The summed E-state index contributed by atoms with van der Waals surface area (Å²) in [5, 5.41) is 9.00. The maximum atomic E-state index is 13.6. The Morgan fingerprint density at radius 3 is 3.06 bits per heavy atom. The summed E-state index contributed by atoms with van der Waals surface area (Å²) >= 11 is 0. The number of halogens is 1. The van der Waals surface area contributed by atoms with Crippen molar-refractivity contribution in [1.29, 1.82) is 0 Å². The summed E-state index contributed by atoms with van der Waals surface area (Å²) in [5.41, 5.74) is 6.41. The van der Waals surface area contributed by atoms with Crippen molar-refractivity contribution in [2.24, 2.45) is 0 Å². The lowest BCUT2D eigenvalue weighted by atomic mass is 10.2. The zero-order chi connectivity index (χ0) is 11.5. The van der Waals surface area contributed by atoms with Crippen LogP contribution in [0.25, 0.3) is 0 Å². The third-order valence-corrected chi connectivity index (χ3v) is 2.65. The number of aliphatic hydroxyl groups excluding tert-OH is 1. The van der Waals surface area contributed by atoms with Crippen LogP contribution in [0.3, 0.4) is 0 Å². The van der Waals surface area contributed by atoms with Gasteiger partial charge >= 0.3 is 0 Å². The van der Waals surface area contributed by atoms with Crippen molar-refractivity contribution < 1.29 is 14.2 Å². The monoisotopic (exact) mass is 226 g/mol. The smallest absolute Gasteiger partial charge is 0.148 e. The lowest BCUT2D eigenvalue weighted by molar-refractivity contribution is 0.00341. The lowest BCUT2D eigenvalue weighted by Gasteiger charge is -2.33. The molecule has 1 saturated heterocycles. The van der Waals surface area contributed by atoms with Crippen molar-refractivity contribution in [2.45, 2.75) is 6.10 Å². The van der Waals surface area contributed by atoms with Gasteiger partial charge in [-0.05, 0) is 18.2 Å². The van der Waals surface area contributed by atoms with E-state index in [-0.39, 0.29) is 18.5 Å². The number of rotatable bonds is 2. The van der Waals surface area contributed by atoms with Crippen LogP contribution in [0.5, 0.6) is 0 Å². The summed E-state index contributed by atoms with van der Waals surface area (Å²) in [4.78, 5) is 1.86. The second-order valence-electron chi connectivity index (χ2n) is 3.83. The van der Waals surface area contributed by atoms with Crippen molar-refractivity contribution in [3.63, 3.8) is 0 Å². The quantitative estimate of drug-likeness (QED) is 0.725. The molecule has 0 spiro atoms. The molecule has 0 bridgehead atoms. The average Bonchev–Trinajstić information content (AvgIpc) is 2.29. The van der Waals surface area contributed by atoms with Gasteiger partial charge in [0.15, 0.2) is 0 Å².